The van der Waals surface area contributed by atoms with Crippen LogP contribution in [-0.4, -0.2) is 51.4 Å². The lowest BCUT2D eigenvalue weighted by Gasteiger charge is -2.32. The highest BCUT2D eigenvalue weighted by molar-refractivity contribution is 7.87. The largest absolute Gasteiger partial charge is 0.383 e. The van der Waals surface area contributed by atoms with Crippen LogP contribution in [0.25, 0.3) is 0 Å². The van der Waals surface area contributed by atoms with Crippen LogP contribution in [0.1, 0.15) is 26.2 Å². The number of ketones is 1. The second-order valence-electron chi connectivity index (χ2n) is 4.13. The Labute approximate surface area is 102 Å². The molecule has 0 aromatic rings. The Morgan fingerprint density at radius 3 is 2.76 bits per heavy atom. The maximum absolute atomic E-state index is 12.0. The second-order valence-corrected chi connectivity index (χ2v) is 5.83. The zero-order valence-electron chi connectivity index (χ0n) is 10.3. The Kier molecular flexibility index (Phi) is 5.51. The summed E-state index contributed by atoms with van der Waals surface area (Å²) >= 11 is 0. The van der Waals surface area contributed by atoms with Gasteiger partial charge in [-0.3, -0.25) is 4.79 Å². The van der Waals surface area contributed by atoms with Crippen molar-refractivity contribution in [2.24, 2.45) is 0 Å². The second kappa shape index (κ2) is 6.44. The average molecular weight is 264 g/mol. The molecular formula is C10H20N2O4S. The molecule has 0 bridgehead atoms. The molecule has 0 spiro atoms. The number of carbonyl (C=O) groups is 1. The number of ether oxygens (including phenoxy) is 1. The summed E-state index contributed by atoms with van der Waals surface area (Å²) in [6.07, 6.45) is 2.31. The highest BCUT2D eigenvalue weighted by Crippen LogP contribution is 2.20. The van der Waals surface area contributed by atoms with E-state index in [1.807, 2.05) is 0 Å². The van der Waals surface area contributed by atoms with Crippen molar-refractivity contribution in [3.05, 3.63) is 0 Å². The number of nitrogens with one attached hydrogen (secondary N) is 1. The first-order valence-corrected chi connectivity index (χ1v) is 7.19. The van der Waals surface area contributed by atoms with E-state index in [4.69, 9.17) is 4.74 Å². The summed E-state index contributed by atoms with van der Waals surface area (Å²) in [4.78, 5) is 11.4. The predicted octanol–water partition coefficient (Wildman–Crippen LogP) is -0.0893. The fourth-order valence-electron chi connectivity index (χ4n) is 1.95. The molecule has 1 unspecified atom stereocenters. The van der Waals surface area contributed by atoms with Crippen LogP contribution in [0.15, 0.2) is 0 Å². The molecule has 0 radical (unpaired) electrons. The number of rotatable bonds is 6. The third kappa shape index (κ3) is 4.02. The summed E-state index contributed by atoms with van der Waals surface area (Å²) in [7, 11) is -2.06. The molecule has 1 aliphatic rings. The molecule has 1 aliphatic heterocycles. The molecular weight excluding hydrogens is 244 g/mol. The molecule has 1 heterocycles. The molecule has 1 atom stereocenters. The van der Waals surface area contributed by atoms with E-state index in [-0.39, 0.29) is 12.3 Å². The van der Waals surface area contributed by atoms with Crippen molar-refractivity contribution in [3.63, 3.8) is 0 Å². The van der Waals surface area contributed by atoms with E-state index in [2.05, 4.69) is 4.72 Å². The average Bonchev–Trinajstić information content (AvgIpc) is 2.29. The molecule has 6 nitrogen and oxygen atoms in total. The Morgan fingerprint density at radius 1 is 1.47 bits per heavy atom. The van der Waals surface area contributed by atoms with Gasteiger partial charge in [-0.2, -0.15) is 17.4 Å². The quantitative estimate of drug-likeness (QED) is 0.680. The van der Waals surface area contributed by atoms with Crippen molar-refractivity contribution < 1.29 is 17.9 Å². The van der Waals surface area contributed by atoms with Gasteiger partial charge in [0.2, 0.25) is 0 Å². The van der Waals surface area contributed by atoms with Crippen LogP contribution in [-0.2, 0) is 19.7 Å². The van der Waals surface area contributed by atoms with Crippen LogP contribution in [0.5, 0.6) is 0 Å². The van der Waals surface area contributed by atoms with Crippen LogP contribution in [0.3, 0.4) is 0 Å². The Bertz CT molecular complexity index is 355. The molecule has 0 aromatic heterocycles. The van der Waals surface area contributed by atoms with E-state index in [9.17, 15) is 13.2 Å². The van der Waals surface area contributed by atoms with Gasteiger partial charge >= 0.3 is 0 Å². The molecule has 0 amide bonds. The van der Waals surface area contributed by atoms with Crippen molar-refractivity contribution >= 4 is 16.0 Å². The minimum Gasteiger partial charge on any atom is -0.383 e. The summed E-state index contributed by atoms with van der Waals surface area (Å²) in [5, 5.41) is 0. The van der Waals surface area contributed by atoms with Gasteiger partial charge < -0.3 is 4.74 Å². The van der Waals surface area contributed by atoms with Crippen molar-refractivity contribution in [1.82, 2.24) is 9.03 Å². The van der Waals surface area contributed by atoms with Gasteiger partial charge in [0.25, 0.3) is 10.2 Å². The fourth-order valence-corrected chi connectivity index (χ4v) is 3.42. The lowest BCUT2D eigenvalue weighted by Crippen LogP contribution is -2.52. The van der Waals surface area contributed by atoms with Crippen LogP contribution >= 0.6 is 0 Å². The summed E-state index contributed by atoms with van der Waals surface area (Å²) in [6.45, 7) is 2.39. The van der Waals surface area contributed by atoms with E-state index < -0.39 is 16.3 Å². The molecule has 0 saturated carbocycles. The fraction of sp³-hybridized carbons (Fsp3) is 0.900. The Balaban J connectivity index is 2.69. The van der Waals surface area contributed by atoms with Crippen LogP contribution < -0.4 is 4.72 Å². The third-order valence-corrected chi connectivity index (χ3v) is 4.45. The van der Waals surface area contributed by atoms with Crippen molar-refractivity contribution in [3.8, 4) is 0 Å². The van der Waals surface area contributed by atoms with Crippen LogP contribution in [0, 0.1) is 0 Å². The SMILES string of the molecule is COCCNS(=O)(=O)N1CCCCC1C(C)=O. The first kappa shape index (κ1) is 14.6. The standard InChI is InChI=1S/C10H20N2O4S/c1-9(13)10-5-3-4-7-12(10)17(14,15)11-6-8-16-2/h10-11H,3-8H2,1-2H3. The normalized spacial score (nSPS) is 22.6. The summed E-state index contributed by atoms with van der Waals surface area (Å²) < 4.78 is 32.5. The molecule has 0 aliphatic carbocycles. The van der Waals surface area contributed by atoms with Gasteiger partial charge in [-0.25, -0.2) is 0 Å². The maximum atomic E-state index is 12.0. The molecule has 100 valence electrons. The third-order valence-electron chi connectivity index (χ3n) is 2.82. The minimum absolute atomic E-state index is 0.0955. The van der Waals surface area contributed by atoms with E-state index in [1.54, 1.807) is 0 Å². The van der Waals surface area contributed by atoms with E-state index in [0.717, 1.165) is 12.8 Å². The van der Waals surface area contributed by atoms with Gasteiger partial charge in [-0.05, 0) is 19.8 Å². The van der Waals surface area contributed by atoms with Crippen LogP contribution in [0.2, 0.25) is 0 Å². The number of piperidine rings is 1. The van der Waals surface area contributed by atoms with Crippen molar-refractivity contribution in [2.75, 3.05) is 26.8 Å². The predicted molar refractivity (Wildman–Crippen MR) is 63.8 cm³/mol. The van der Waals surface area contributed by atoms with Gasteiger partial charge in [0.1, 0.15) is 5.78 Å². The van der Waals surface area contributed by atoms with Gasteiger partial charge in [0.05, 0.1) is 12.6 Å². The molecule has 1 rings (SSSR count). The first-order chi connectivity index (χ1) is 7.99. The number of Topliss-reactive ketones (excluding diaryl/α,β-unsaturated/α-hetero) is 1. The first-order valence-electron chi connectivity index (χ1n) is 5.75. The van der Waals surface area contributed by atoms with E-state index in [0.29, 0.717) is 19.6 Å². The van der Waals surface area contributed by atoms with Gasteiger partial charge in [0, 0.05) is 20.2 Å². The molecule has 0 aromatic carbocycles. The van der Waals surface area contributed by atoms with E-state index in [1.165, 1.54) is 18.3 Å². The molecule has 17 heavy (non-hydrogen) atoms. The highest BCUT2D eigenvalue weighted by Gasteiger charge is 2.34. The Hall–Kier alpha value is -0.500. The monoisotopic (exact) mass is 264 g/mol. The van der Waals surface area contributed by atoms with Gasteiger partial charge in [-0.15, -0.1) is 0 Å². The lowest BCUT2D eigenvalue weighted by atomic mass is 10.0. The Morgan fingerprint density at radius 2 is 2.18 bits per heavy atom. The van der Waals surface area contributed by atoms with Crippen molar-refractivity contribution in [2.45, 2.75) is 32.2 Å². The number of methoxy groups -OCH3 is 1. The smallest absolute Gasteiger partial charge is 0.280 e. The lowest BCUT2D eigenvalue weighted by molar-refractivity contribution is -0.121. The van der Waals surface area contributed by atoms with Gasteiger partial charge in [0.15, 0.2) is 0 Å². The molecule has 1 saturated heterocycles. The minimum atomic E-state index is -3.57. The highest BCUT2D eigenvalue weighted by atomic mass is 32.2. The molecule has 1 N–H and O–H groups in total. The maximum Gasteiger partial charge on any atom is 0.280 e. The molecule has 7 heteroatoms. The number of hydrogen-bond acceptors (Lipinski definition) is 4. The number of nitrogens with zero attached hydrogens (tertiary/aromatic N) is 1. The number of hydrogen-bond donors (Lipinski definition) is 1. The zero-order valence-corrected chi connectivity index (χ0v) is 11.1. The van der Waals surface area contributed by atoms with Crippen LogP contribution in [0.4, 0.5) is 0 Å². The zero-order chi connectivity index (χ0) is 12.9. The van der Waals surface area contributed by atoms with E-state index >= 15 is 0 Å². The topological polar surface area (TPSA) is 75.7 Å². The summed E-state index contributed by atoms with van der Waals surface area (Å²) in [5.74, 6) is -0.0955. The summed E-state index contributed by atoms with van der Waals surface area (Å²) in [5.41, 5.74) is 0. The van der Waals surface area contributed by atoms with Crippen molar-refractivity contribution in [1.29, 1.82) is 0 Å². The summed E-state index contributed by atoms with van der Waals surface area (Å²) in [6, 6.07) is -0.510. The molecule has 1 fully saturated rings. The number of carbonyl (C=O) groups excluding carboxylic acids is 1. The van der Waals surface area contributed by atoms with Gasteiger partial charge in [-0.1, -0.05) is 6.42 Å².